The van der Waals surface area contributed by atoms with Gasteiger partial charge in [-0.25, -0.2) is 15.0 Å². The van der Waals surface area contributed by atoms with Crippen molar-refractivity contribution in [3.05, 3.63) is 119 Å². The lowest BCUT2D eigenvalue weighted by Crippen LogP contribution is -2.17. The highest BCUT2D eigenvalue weighted by molar-refractivity contribution is 5.97. The second-order valence-corrected chi connectivity index (χ2v) is 7.98. The van der Waals surface area contributed by atoms with E-state index < -0.39 is 17.8 Å². The van der Waals surface area contributed by atoms with Crippen LogP contribution >= 0.6 is 0 Å². The van der Waals surface area contributed by atoms with Gasteiger partial charge in [0.15, 0.2) is 11.5 Å². The number of fused-ring (bicyclic) bond motifs is 1. The van der Waals surface area contributed by atoms with E-state index in [0.717, 1.165) is 0 Å². The third-order valence-electron chi connectivity index (χ3n) is 5.42. The largest absolute Gasteiger partial charge is 0.454 e. The average molecular weight is 508 g/mol. The first-order valence-corrected chi connectivity index (χ1v) is 11.5. The lowest BCUT2D eigenvalue weighted by molar-refractivity contribution is 0.0732. The fraction of sp³-hybridized carbons (Fsp3) is 0.0345. The summed E-state index contributed by atoms with van der Waals surface area (Å²) in [7, 11) is 0. The SMILES string of the molecule is O=C(N/N=C/c1ccc(OC(=O)c2ccccc2)cc1OC(=O)c1ccccc1)c1ccc2c(c1)OCO2. The Kier molecular flexibility index (Phi) is 7.08. The van der Waals surface area contributed by atoms with Crippen molar-refractivity contribution in [2.24, 2.45) is 5.10 Å². The highest BCUT2D eigenvalue weighted by Gasteiger charge is 2.17. The van der Waals surface area contributed by atoms with Crippen LogP contribution in [0.25, 0.3) is 0 Å². The zero-order valence-corrected chi connectivity index (χ0v) is 19.8. The Balaban J connectivity index is 1.35. The van der Waals surface area contributed by atoms with Crippen molar-refractivity contribution in [1.29, 1.82) is 0 Å². The molecule has 0 aliphatic carbocycles. The molecule has 1 aliphatic rings. The number of carbonyl (C=O) groups is 3. The molecule has 4 aromatic rings. The van der Waals surface area contributed by atoms with E-state index in [-0.39, 0.29) is 18.3 Å². The molecule has 0 saturated carbocycles. The van der Waals surface area contributed by atoms with Gasteiger partial charge < -0.3 is 18.9 Å². The molecule has 0 saturated heterocycles. The average Bonchev–Trinajstić information content (AvgIpc) is 3.43. The van der Waals surface area contributed by atoms with E-state index in [4.69, 9.17) is 18.9 Å². The van der Waals surface area contributed by atoms with Crippen molar-refractivity contribution in [3.63, 3.8) is 0 Å². The summed E-state index contributed by atoms with van der Waals surface area (Å²) in [6.45, 7) is 0.0969. The van der Waals surface area contributed by atoms with Crippen molar-refractivity contribution in [1.82, 2.24) is 5.43 Å². The van der Waals surface area contributed by atoms with E-state index in [1.807, 2.05) is 0 Å². The van der Waals surface area contributed by atoms with E-state index in [1.54, 1.807) is 84.9 Å². The first-order valence-electron chi connectivity index (χ1n) is 11.5. The zero-order chi connectivity index (χ0) is 26.3. The maximum absolute atomic E-state index is 12.7. The van der Waals surface area contributed by atoms with E-state index in [1.165, 1.54) is 18.3 Å². The Morgan fingerprint density at radius 1 is 0.711 bits per heavy atom. The molecule has 1 heterocycles. The zero-order valence-electron chi connectivity index (χ0n) is 19.8. The second kappa shape index (κ2) is 11.1. The maximum atomic E-state index is 12.7. The number of hydrogen-bond donors (Lipinski definition) is 1. The smallest absolute Gasteiger partial charge is 0.343 e. The molecular formula is C29H20N2O7. The predicted molar refractivity (Wildman–Crippen MR) is 137 cm³/mol. The van der Waals surface area contributed by atoms with Crippen LogP contribution in [0.15, 0.2) is 102 Å². The first kappa shape index (κ1) is 24.3. The lowest BCUT2D eigenvalue weighted by Gasteiger charge is -2.10. The summed E-state index contributed by atoms with van der Waals surface area (Å²) in [5.74, 6) is -0.384. The third-order valence-corrected chi connectivity index (χ3v) is 5.42. The molecular weight excluding hydrogens is 488 g/mol. The molecule has 5 rings (SSSR count). The fourth-order valence-corrected chi connectivity index (χ4v) is 3.51. The molecule has 9 heteroatoms. The quantitative estimate of drug-likeness (QED) is 0.168. The molecule has 0 spiro atoms. The van der Waals surface area contributed by atoms with E-state index >= 15 is 0 Å². The van der Waals surface area contributed by atoms with Gasteiger partial charge in [-0.05, 0) is 54.6 Å². The van der Waals surface area contributed by atoms with E-state index in [9.17, 15) is 14.4 Å². The number of nitrogens with zero attached hydrogens (tertiary/aromatic N) is 1. The van der Waals surface area contributed by atoms with E-state index in [0.29, 0.717) is 33.8 Å². The van der Waals surface area contributed by atoms with Gasteiger partial charge in [-0.2, -0.15) is 5.10 Å². The first-order chi connectivity index (χ1) is 18.6. The molecule has 0 atom stereocenters. The van der Waals surface area contributed by atoms with Crippen molar-refractivity contribution in [2.45, 2.75) is 0 Å². The minimum absolute atomic E-state index is 0.0818. The van der Waals surface area contributed by atoms with Gasteiger partial charge >= 0.3 is 11.9 Å². The van der Waals surface area contributed by atoms with Gasteiger partial charge in [0.05, 0.1) is 17.3 Å². The highest BCUT2D eigenvalue weighted by atomic mass is 16.7. The Morgan fingerprint density at radius 3 is 2.08 bits per heavy atom. The number of nitrogens with one attached hydrogen (secondary N) is 1. The number of ether oxygens (including phenoxy) is 4. The summed E-state index contributed by atoms with van der Waals surface area (Å²) in [5, 5.41) is 3.99. The number of benzene rings is 4. The Labute approximate surface area is 217 Å². The predicted octanol–water partition coefficient (Wildman–Crippen LogP) is 4.62. The van der Waals surface area contributed by atoms with Gasteiger partial charge in [0.25, 0.3) is 5.91 Å². The lowest BCUT2D eigenvalue weighted by atomic mass is 10.2. The Morgan fingerprint density at radius 2 is 1.37 bits per heavy atom. The molecule has 0 unspecified atom stereocenters. The Hall–Kier alpha value is -5.44. The summed E-state index contributed by atoms with van der Waals surface area (Å²) < 4.78 is 21.6. The highest BCUT2D eigenvalue weighted by Crippen LogP contribution is 2.32. The van der Waals surface area contributed by atoms with Crippen molar-refractivity contribution in [3.8, 4) is 23.0 Å². The van der Waals surface area contributed by atoms with Gasteiger partial charge in [0.1, 0.15) is 11.5 Å². The third kappa shape index (κ3) is 5.68. The molecule has 0 bridgehead atoms. The molecule has 9 nitrogen and oxygen atoms in total. The minimum Gasteiger partial charge on any atom is -0.454 e. The number of hydrogen-bond acceptors (Lipinski definition) is 8. The number of esters is 2. The van der Waals surface area contributed by atoms with Gasteiger partial charge in [0.2, 0.25) is 6.79 Å². The maximum Gasteiger partial charge on any atom is 0.343 e. The standard InChI is InChI=1S/C29H20N2O7/c32-27(21-12-14-24-26(15-21)36-18-35-24)31-30-17-22-11-13-23(37-28(33)19-7-3-1-4-8-19)16-25(22)38-29(34)20-9-5-2-6-10-20/h1-17H,18H2,(H,31,32)/b30-17+. The van der Waals surface area contributed by atoms with Crippen LogP contribution < -0.4 is 24.4 Å². The van der Waals surface area contributed by atoms with Crippen LogP contribution in [0.5, 0.6) is 23.0 Å². The Bertz CT molecular complexity index is 1520. The summed E-state index contributed by atoms with van der Waals surface area (Å²) >= 11 is 0. The normalized spacial score (nSPS) is 11.7. The fourth-order valence-electron chi connectivity index (χ4n) is 3.51. The molecule has 1 N–H and O–H groups in total. The molecule has 1 aliphatic heterocycles. The topological polar surface area (TPSA) is 113 Å². The van der Waals surface area contributed by atoms with Crippen molar-refractivity contribution < 1.29 is 33.3 Å². The van der Waals surface area contributed by atoms with Gasteiger partial charge in [0, 0.05) is 17.2 Å². The minimum atomic E-state index is -0.615. The van der Waals surface area contributed by atoms with Crippen LogP contribution in [0, 0.1) is 0 Å². The van der Waals surface area contributed by atoms with Crippen molar-refractivity contribution >= 4 is 24.1 Å². The van der Waals surface area contributed by atoms with Crippen molar-refractivity contribution in [2.75, 3.05) is 6.79 Å². The summed E-state index contributed by atoms with van der Waals surface area (Å²) in [6, 6.07) is 26.2. The van der Waals surface area contributed by atoms with Crippen LogP contribution in [-0.2, 0) is 0 Å². The summed E-state index contributed by atoms with van der Waals surface area (Å²) in [4.78, 5) is 37.7. The molecule has 1 amide bonds. The molecule has 0 aromatic heterocycles. The van der Waals surface area contributed by atoms with Gasteiger partial charge in [-0.1, -0.05) is 36.4 Å². The number of hydrazone groups is 1. The van der Waals surface area contributed by atoms with Crippen LogP contribution in [0.1, 0.15) is 36.6 Å². The molecule has 0 radical (unpaired) electrons. The molecule has 0 fully saturated rings. The summed E-state index contributed by atoms with van der Waals surface area (Å²) in [5.41, 5.74) is 3.81. The monoisotopic (exact) mass is 508 g/mol. The molecule has 4 aromatic carbocycles. The molecule has 38 heavy (non-hydrogen) atoms. The van der Waals surface area contributed by atoms with Crippen LogP contribution in [-0.4, -0.2) is 30.9 Å². The van der Waals surface area contributed by atoms with Crippen LogP contribution in [0.2, 0.25) is 0 Å². The van der Waals surface area contributed by atoms with E-state index in [2.05, 4.69) is 10.5 Å². The number of rotatable bonds is 7. The summed E-state index contributed by atoms with van der Waals surface area (Å²) in [6.07, 6.45) is 1.32. The van der Waals surface area contributed by atoms with Crippen LogP contribution in [0.4, 0.5) is 0 Å². The molecule has 188 valence electrons. The number of carbonyl (C=O) groups excluding carboxylic acids is 3. The second-order valence-electron chi connectivity index (χ2n) is 7.98. The number of amides is 1. The van der Waals surface area contributed by atoms with Gasteiger partial charge in [-0.15, -0.1) is 0 Å². The van der Waals surface area contributed by atoms with Crippen LogP contribution in [0.3, 0.4) is 0 Å². The van der Waals surface area contributed by atoms with Gasteiger partial charge in [-0.3, -0.25) is 4.79 Å².